The lowest BCUT2D eigenvalue weighted by Crippen LogP contribution is -2.29. The van der Waals surface area contributed by atoms with Gasteiger partial charge in [-0.3, -0.25) is 9.89 Å². The maximum atomic E-state index is 13.1. The van der Waals surface area contributed by atoms with E-state index in [0.717, 1.165) is 16.7 Å². The van der Waals surface area contributed by atoms with Gasteiger partial charge < -0.3 is 10.0 Å². The van der Waals surface area contributed by atoms with Gasteiger partial charge in [0.2, 0.25) is 0 Å². The van der Waals surface area contributed by atoms with Crippen molar-refractivity contribution in [3.8, 4) is 17.0 Å². The van der Waals surface area contributed by atoms with Crippen LogP contribution in [0.4, 0.5) is 0 Å². The maximum Gasteiger partial charge on any atom is 0.273 e. The second-order valence-corrected chi connectivity index (χ2v) is 7.97. The molecule has 4 rings (SSSR count). The summed E-state index contributed by atoms with van der Waals surface area (Å²) in [5.41, 5.74) is 4.88. The number of benzene rings is 2. The molecule has 1 atom stereocenters. The summed E-state index contributed by atoms with van der Waals surface area (Å²) in [6.07, 6.45) is 1.68. The molecule has 2 N–H and O–H groups in total. The van der Waals surface area contributed by atoms with E-state index in [9.17, 15) is 9.90 Å². The minimum atomic E-state index is -0.431. The van der Waals surface area contributed by atoms with Crippen LogP contribution in [0.3, 0.4) is 0 Å². The molecule has 0 fully saturated rings. The Hall–Kier alpha value is -2.76. The van der Waals surface area contributed by atoms with Gasteiger partial charge in [0.05, 0.1) is 16.1 Å². The number of aromatic hydroxyl groups is 1. The molecular weight excluding hydrogens is 409 g/mol. The average Bonchev–Trinajstić information content (AvgIpc) is 3.17. The molecule has 0 radical (unpaired) electrons. The van der Waals surface area contributed by atoms with Gasteiger partial charge in [0.1, 0.15) is 17.1 Å². The number of phenols is 1. The highest BCUT2D eigenvalue weighted by molar-refractivity contribution is 6.42. The van der Waals surface area contributed by atoms with E-state index < -0.39 is 6.04 Å². The van der Waals surface area contributed by atoms with Crippen LogP contribution in [0.2, 0.25) is 10.0 Å². The van der Waals surface area contributed by atoms with Crippen molar-refractivity contribution in [3.63, 3.8) is 0 Å². The Morgan fingerprint density at radius 3 is 2.66 bits per heavy atom. The lowest BCUT2D eigenvalue weighted by atomic mass is 9.93. The molecule has 148 valence electrons. The molecule has 0 bridgehead atoms. The summed E-state index contributed by atoms with van der Waals surface area (Å²) in [5, 5.41) is 18.8. The number of halogens is 2. The van der Waals surface area contributed by atoms with Gasteiger partial charge in [-0.05, 0) is 48.7 Å². The van der Waals surface area contributed by atoms with Crippen molar-refractivity contribution in [2.45, 2.75) is 19.9 Å². The number of nitrogens with one attached hydrogen (secondary N) is 1. The summed E-state index contributed by atoms with van der Waals surface area (Å²) < 4.78 is 0. The van der Waals surface area contributed by atoms with Crippen molar-refractivity contribution in [2.75, 3.05) is 6.54 Å². The molecule has 5 nitrogen and oxygen atoms in total. The van der Waals surface area contributed by atoms with Crippen molar-refractivity contribution in [3.05, 3.63) is 81.0 Å². The number of phenolic OH excluding ortho intramolecular Hbond substituents is 1. The molecule has 2 heterocycles. The topological polar surface area (TPSA) is 69.2 Å². The summed E-state index contributed by atoms with van der Waals surface area (Å²) in [4.78, 5) is 14.8. The van der Waals surface area contributed by atoms with E-state index in [4.69, 9.17) is 23.2 Å². The number of aromatic amines is 1. The number of rotatable bonds is 4. The van der Waals surface area contributed by atoms with E-state index in [0.29, 0.717) is 39.1 Å². The summed E-state index contributed by atoms with van der Waals surface area (Å²) in [6, 6.07) is 8.54. The predicted octanol–water partition coefficient (Wildman–Crippen LogP) is 5.44. The van der Waals surface area contributed by atoms with Crippen LogP contribution in [0, 0.1) is 13.8 Å². The molecule has 1 aliphatic heterocycles. The van der Waals surface area contributed by atoms with Crippen molar-refractivity contribution in [1.29, 1.82) is 0 Å². The quantitative estimate of drug-likeness (QED) is 0.544. The number of carbonyl (C=O) groups excluding carboxylic acids is 1. The van der Waals surface area contributed by atoms with E-state index in [2.05, 4.69) is 16.8 Å². The summed E-state index contributed by atoms with van der Waals surface area (Å²) in [7, 11) is 0. The minimum Gasteiger partial charge on any atom is -0.507 e. The van der Waals surface area contributed by atoms with Gasteiger partial charge in [0.15, 0.2) is 0 Å². The van der Waals surface area contributed by atoms with Gasteiger partial charge in [-0.25, -0.2) is 0 Å². The number of fused-ring (bicyclic) bond motifs is 1. The van der Waals surface area contributed by atoms with Crippen LogP contribution in [-0.4, -0.2) is 32.7 Å². The van der Waals surface area contributed by atoms with Gasteiger partial charge in [0, 0.05) is 17.7 Å². The monoisotopic (exact) mass is 427 g/mol. The highest BCUT2D eigenvalue weighted by atomic mass is 35.5. The smallest absolute Gasteiger partial charge is 0.273 e. The zero-order valence-corrected chi connectivity index (χ0v) is 17.5. The fourth-order valence-electron chi connectivity index (χ4n) is 4.00. The number of carbonyl (C=O) groups is 1. The number of aromatic nitrogens is 2. The second-order valence-electron chi connectivity index (χ2n) is 7.16. The Bertz CT molecular complexity index is 1130. The van der Waals surface area contributed by atoms with Crippen LogP contribution >= 0.6 is 23.2 Å². The van der Waals surface area contributed by atoms with Crippen LogP contribution in [0.5, 0.6) is 5.75 Å². The molecule has 0 aliphatic carbocycles. The lowest BCUT2D eigenvalue weighted by molar-refractivity contribution is 0.0764. The van der Waals surface area contributed by atoms with Gasteiger partial charge in [-0.15, -0.1) is 6.58 Å². The van der Waals surface area contributed by atoms with Crippen LogP contribution in [0.25, 0.3) is 11.3 Å². The highest BCUT2D eigenvalue weighted by Crippen LogP contribution is 2.46. The average molecular weight is 428 g/mol. The standard InChI is InChI=1S/C22H19Cl2N3O2/c1-4-7-27-21(13-5-6-14(23)15(24)10-13)18-19(25-26-20(18)22(27)29)17-12(3)8-11(2)9-16(17)28/h4-6,8-10,21,28H,1,7H2,2-3H3,(H,25,26). The SMILES string of the molecule is C=CCN1C(=O)c2[nH]nc(-c3c(C)cc(C)cc3O)c2C1c1ccc(Cl)c(Cl)c1. The van der Waals surface area contributed by atoms with Crippen LogP contribution in [0.15, 0.2) is 43.0 Å². The molecule has 0 saturated heterocycles. The Labute approximate surface area is 178 Å². The van der Waals surface area contributed by atoms with Crippen molar-refractivity contribution in [2.24, 2.45) is 0 Å². The van der Waals surface area contributed by atoms with Crippen molar-refractivity contribution < 1.29 is 9.90 Å². The van der Waals surface area contributed by atoms with E-state index in [1.165, 1.54) is 0 Å². The molecule has 1 aliphatic rings. The van der Waals surface area contributed by atoms with Crippen LogP contribution in [-0.2, 0) is 0 Å². The Morgan fingerprint density at radius 2 is 2.00 bits per heavy atom. The fraction of sp³-hybridized carbons (Fsp3) is 0.182. The molecule has 0 spiro atoms. The third-order valence-corrected chi connectivity index (χ3v) is 5.88. The summed E-state index contributed by atoms with van der Waals surface area (Å²) >= 11 is 12.4. The molecule has 29 heavy (non-hydrogen) atoms. The number of nitrogens with zero attached hydrogens (tertiary/aromatic N) is 2. The van der Waals surface area contributed by atoms with E-state index in [-0.39, 0.29) is 11.7 Å². The number of aryl methyl sites for hydroxylation is 2. The van der Waals surface area contributed by atoms with E-state index in [1.54, 1.807) is 29.2 Å². The first kappa shape index (κ1) is 19.6. The van der Waals surface area contributed by atoms with Gasteiger partial charge in [-0.1, -0.05) is 41.4 Å². The third-order valence-electron chi connectivity index (χ3n) is 5.14. The summed E-state index contributed by atoms with van der Waals surface area (Å²) in [5.74, 6) is -0.0571. The zero-order chi connectivity index (χ0) is 20.9. The van der Waals surface area contributed by atoms with Gasteiger partial charge >= 0.3 is 0 Å². The molecule has 3 aromatic rings. The first-order valence-corrected chi connectivity index (χ1v) is 9.84. The molecule has 7 heteroatoms. The largest absolute Gasteiger partial charge is 0.507 e. The molecule has 1 aromatic heterocycles. The highest BCUT2D eigenvalue weighted by Gasteiger charge is 2.42. The van der Waals surface area contributed by atoms with E-state index in [1.807, 2.05) is 26.0 Å². The number of H-pyrrole nitrogens is 1. The normalized spacial score (nSPS) is 15.7. The zero-order valence-electron chi connectivity index (χ0n) is 16.0. The molecule has 0 saturated carbocycles. The maximum absolute atomic E-state index is 13.1. The van der Waals surface area contributed by atoms with Gasteiger partial charge in [0.25, 0.3) is 5.91 Å². The number of amides is 1. The van der Waals surface area contributed by atoms with Crippen LogP contribution < -0.4 is 0 Å². The number of hydrogen-bond donors (Lipinski definition) is 2. The molecule has 2 aromatic carbocycles. The molecule has 1 unspecified atom stereocenters. The Kier molecular flexibility index (Phi) is 4.89. The minimum absolute atomic E-state index is 0.124. The fourth-order valence-corrected chi connectivity index (χ4v) is 4.30. The van der Waals surface area contributed by atoms with E-state index >= 15 is 0 Å². The van der Waals surface area contributed by atoms with Crippen molar-refractivity contribution in [1.82, 2.24) is 15.1 Å². The van der Waals surface area contributed by atoms with Crippen LogP contribution in [0.1, 0.15) is 38.8 Å². The first-order valence-electron chi connectivity index (χ1n) is 9.09. The van der Waals surface area contributed by atoms with Crippen molar-refractivity contribution >= 4 is 29.1 Å². The third kappa shape index (κ3) is 3.11. The second kappa shape index (κ2) is 7.25. The van der Waals surface area contributed by atoms with Gasteiger partial charge in [-0.2, -0.15) is 5.10 Å². The molecular formula is C22H19Cl2N3O2. The Balaban J connectivity index is 1.97. The lowest BCUT2D eigenvalue weighted by Gasteiger charge is -2.25. The predicted molar refractivity (Wildman–Crippen MR) is 115 cm³/mol. The summed E-state index contributed by atoms with van der Waals surface area (Å²) in [6.45, 7) is 7.96. The molecule has 1 amide bonds. The first-order chi connectivity index (χ1) is 13.8. The number of hydrogen-bond acceptors (Lipinski definition) is 3. The Morgan fingerprint density at radius 1 is 1.24 bits per heavy atom.